The van der Waals surface area contributed by atoms with Crippen LogP contribution >= 0.6 is 0 Å². The van der Waals surface area contributed by atoms with Gasteiger partial charge in [-0.25, -0.2) is 0 Å². The summed E-state index contributed by atoms with van der Waals surface area (Å²) in [6.07, 6.45) is 0. The highest BCUT2D eigenvalue weighted by Gasteiger charge is 2.25. The van der Waals surface area contributed by atoms with Crippen LogP contribution in [0.5, 0.6) is 0 Å². The summed E-state index contributed by atoms with van der Waals surface area (Å²) >= 11 is 0. The van der Waals surface area contributed by atoms with Crippen LogP contribution in [0.15, 0.2) is 186 Å². The van der Waals surface area contributed by atoms with Gasteiger partial charge < -0.3 is 4.42 Å². The molecule has 0 spiro atoms. The second-order valence-corrected chi connectivity index (χ2v) is 10.0. The molecule has 220 valence electrons. The van der Waals surface area contributed by atoms with Gasteiger partial charge >= 0.3 is 0 Å². The van der Waals surface area contributed by atoms with Crippen molar-refractivity contribution >= 4 is 32.5 Å². The van der Waals surface area contributed by atoms with Gasteiger partial charge in [-0.3, -0.25) is 0 Å². The van der Waals surface area contributed by atoms with Crippen molar-refractivity contribution in [3.05, 3.63) is 181 Å². The second-order valence-electron chi connectivity index (χ2n) is 10.0. The van der Waals surface area contributed by atoms with Crippen molar-refractivity contribution in [1.82, 2.24) is 0 Å². The maximum absolute atomic E-state index is 9.62. The maximum Gasteiger partial charge on any atom is 0.143 e. The van der Waals surface area contributed by atoms with Crippen molar-refractivity contribution in [3.8, 4) is 55.8 Å². The van der Waals surface area contributed by atoms with E-state index in [9.17, 15) is 8.22 Å². The Hall–Kier alpha value is -6.18. The first-order valence-electron chi connectivity index (χ1n) is 27.4. The normalized spacial score (nSPS) is 19.4. The molecule has 0 atom stereocenters. The van der Waals surface area contributed by atoms with Gasteiger partial charge in [-0.1, -0.05) is 169 Å². The van der Waals surface area contributed by atoms with Crippen molar-refractivity contribution in [2.75, 3.05) is 0 Å². The molecular formula is C46H30O. The molecule has 0 saturated carbocycles. The SMILES string of the molecule is [2H]c1c([2H])c([2H])c(-c2ccc3oc(-c4c([2H])c([2H])c([2H])c([2H])c4-c4c([2H])c([2H])c([2H])c([2H])c4[2H])c(-c4c5c([2H])c([2H])c([2H])c([2H])c5c(-c5c([2H])c([2H])c([2H])c([2H])c5[2H])c5c([2H])c([2H])c([2H])c([2H])c45)c3c2)c([2H])c1[2H]. The molecule has 0 radical (unpaired) electrons. The summed E-state index contributed by atoms with van der Waals surface area (Å²) in [7, 11) is 0. The van der Waals surface area contributed by atoms with E-state index in [1.54, 1.807) is 0 Å². The second kappa shape index (κ2) is 11.3. The molecule has 0 fully saturated rings. The fraction of sp³-hybridized carbons (Fsp3) is 0. The molecule has 0 saturated heterocycles. The lowest BCUT2D eigenvalue weighted by Crippen LogP contribution is -1.92. The average Bonchev–Trinajstić information content (AvgIpc) is 3.75. The van der Waals surface area contributed by atoms with Crippen LogP contribution in [0.2, 0.25) is 0 Å². The molecule has 1 nitrogen and oxygen atoms in total. The van der Waals surface area contributed by atoms with Crippen LogP contribution in [0.25, 0.3) is 88.3 Å². The Bertz CT molecular complexity index is 3930. The minimum atomic E-state index is -0.993. The van der Waals surface area contributed by atoms with Gasteiger partial charge in [0, 0.05) is 22.1 Å². The highest BCUT2D eigenvalue weighted by atomic mass is 16.3. The van der Waals surface area contributed by atoms with Gasteiger partial charge in [-0.05, 0) is 67.1 Å². The zero-order valence-corrected chi connectivity index (χ0v) is 23.6. The van der Waals surface area contributed by atoms with E-state index in [0.717, 1.165) is 0 Å². The third kappa shape index (κ3) is 4.56. The van der Waals surface area contributed by atoms with Crippen molar-refractivity contribution in [3.63, 3.8) is 0 Å². The molecule has 9 aromatic rings. The quantitative estimate of drug-likeness (QED) is 0.173. The predicted octanol–water partition coefficient (Wildman–Crippen LogP) is 13.1. The summed E-state index contributed by atoms with van der Waals surface area (Å²) < 4.78 is 247. The first kappa shape index (κ1) is 11.3. The van der Waals surface area contributed by atoms with Crippen LogP contribution in [0.1, 0.15) is 37.0 Å². The van der Waals surface area contributed by atoms with Gasteiger partial charge in [0.05, 0.1) is 37.0 Å². The van der Waals surface area contributed by atoms with E-state index in [1.165, 1.54) is 18.2 Å². The standard InChI is InChI=1S/C46H30O/c1-4-16-31(17-5-1)34-28-29-42-41(30-34)45(46(47-42)40-27-15-10-22-35(40)32-18-6-2-7-19-32)44-38-25-13-11-23-36(38)43(33-20-8-3-9-21-33)37-24-12-14-26-39(37)44/h1-30H/i1D,2D,3D,4D,5D,6D,7D,8D,9D,10D,11D,12D,13D,14D,15D,16D,17D,18D,19D,20D,21D,22D,23D,24D,25D,26D,27D. The molecule has 0 unspecified atom stereocenters. The van der Waals surface area contributed by atoms with E-state index in [4.69, 9.17) is 33.2 Å². The Labute approximate surface area is 311 Å². The van der Waals surface area contributed by atoms with Gasteiger partial charge in [0.1, 0.15) is 11.3 Å². The molecule has 0 aliphatic heterocycles. The number of benzene rings is 8. The van der Waals surface area contributed by atoms with E-state index >= 15 is 0 Å². The maximum atomic E-state index is 9.62. The van der Waals surface area contributed by atoms with E-state index in [2.05, 4.69) is 0 Å². The summed E-state index contributed by atoms with van der Waals surface area (Å²) in [4.78, 5) is 0. The van der Waals surface area contributed by atoms with Crippen molar-refractivity contribution in [2.45, 2.75) is 0 Å². The van der Waals surface area contributed by atoms with Gasteiger partial charge in [0.2, 0.25) is 0 Å². The highest BCUT2D eigenvalue weighted by Crippen LogP contribution is 2.51. The lowest BCUT2D eigenvalue weighted by Gasteiger charge is -2.18. The van der Waals surface area contributed by atoms with E-state index in [0.29, 0.717) is 0 Å². The fourth-order valence-electron chi connectivity index (χ4n) is 5.62. The number of hydrogen-bond donors (Lipinski definition) is 0. The highest BCUT2D eigenvalue weighted by molar-refractivity contribution is 6.25. The molecule has 47 heavy (non-hydrogen) atoms. The fourth-order valence-corrected chi connectivity index (χ4v) is 5.62. The minimum Gasteiger partial charge on any atom is -0.455 e. The van der Waals surface area contributed by atoms with Crippen LogP contribution in [-0.2, 0) is 0 Å². The van der Waals surface area contributed by atoms with Crippen LogP contribution in [0, 0.1) is 0 Å². The molecule has 0 amide bonds. The zero-order chi connectivity index (χ0) is 54.7. The molecule has 9 rings (SSSR count). The first-order chi connectivity index (χ1) is 34.5. The van der Waals surface area contributed by atoms with Crippen LogP contribution in [0.3, 0.4) is 0 Å². The summed E-state index contributed by atoms with van der Waals surface area (Å²) in [5, 5.41) is -3.04. The Morgan fingerprint density at radius 1 is 0.340 bits per heavy atom. The molecule has 0 aliphatic carbocycles. The van der Waals surface area contributed by atoms with Crippen molar-refractivity contribution in [2.24, 2.45) is 0 Å². The van der Waals surface area contributed by atoms with Crippen LogP contribution in [-0.4, -0.2) is 0 Å². The smallest absolute Gasteiger partial charge is 0.143 e. The van der Waals surface area contributed by atoms with E-state index < -0.39 is 235 Å². The molecule has 1 heterocycles. The predicted molar refractivity (Wildman–Crippen MR) is 198 cm³/mol. The van der Waals surface area contributed by atoms with Crippen molar-refractivity contribution < 1.29 is 41.4 Å². The van der Waals surface area contributed by atoms with Gasteiger partial charge in [0.25, 0.3) is 0 Å². The molecule has 8 aromatic carbocycles. The average molecular weight is 626 g/mol. The van der Waals surface area contributed by atoms with Gasteiger partial charge in [0.15, 0.2) is 0 Å². The lowest BCUT2D eigenvalue weighted by molar-refractivity contribution is 0.633. The van der Waals surface area contributed by atoms with Crippen molar-refractivity contribution in [1.29, 1.82) is 0 Å². The number of hydrogen-bond acceptors (Lipinski definition) is 1. The number of fused-ring (bicyclic) bond motifs is 3. The molecule has 0 aliphatic rings. The molecular weight excluding hydrogens is 569 g/mol. The Morgan fingerprint density at radius 2 is 0.809 bits per heavy atom. The summed E-state index contributed by atoms with van der Waals surface area (Å²) in [5.41, 5.74) is -5.78. The van der Waals surface area contributed by atoms with Gasteiger partial charge in [-0.2, -0.15) is 0 Å². The lowest BCUT2D eigenvalue weighted by atomic mass is 9.84. The number of rotatable bonds is 5. The summed E-state index contributed by atoms with van der Waals surface area (Å²) in [5.74, 6) is -0.745. The molecule has 0 N–H and O–H groups in total. The molecule has 0 bridgehead atoms. The molecule has 1 heteroatoms. The monoisotopic (exact) mass is 625 g/mol. The van der Waals surface area contributed by atoms with Crippen LogP contribution in [0.4, 0.5) is 0 Å². The topological polar surface area (TPSA) is 13.1 Å². The van der Waals surface area contributed by atoms with Gasteiger partial charge in [-0.15, -0.1) is 0 Å². The van der Waals surface area contributed by atoms with Crippen LogP contribution < -0.4 is 0 Å². The largest absolute Gasteiger partial charge is 0.455 e. The summed E-state index contributed by atoms with van der Waals surface area (Å²) in [6, 6.07) is -21.1. The van der Waals surface area contributed by atoms with E-state index in [1.807, 2.05) is 0 Å². The third-order valence-corrected chi connectivity index (χ3v) is 7.52. The van der Waals surface area contributed by atoms with E-state index in [-0.39, 0.29) is 16.5 Å². The minimum absolute atomic E-state index is 0.155. The first-order valence-corrected chi connectivity index (χ1v) is 13.9. The number of furan rings is 1. The Morgan fingerprint density at radius 3 is 1.40 bits per heavy atom. The Kier molecular flexibility index (Phi) is 2.71. The third-order valence-electron chi connectivity index (χ3n) is 7.52. The summed E-state index contributed by atoms with van der Waals surface area (Å²) in [6.45, 7) is 0. The molecule has 1 aromatic heterocycles. The Balaban J connectivity index is 1.68. The zero-order valence-electron chi connectivity index (χ0n) is 50.6.